The number of pyridine rings is 1. The monoisotopic (exact) mass is 300 g/mol. The van der Waals surface area contributed by atoms with Crippen LogP contribution in [0.3, 0.4) is 0 Å². The summed E-state index contributed by atoms with van der Waals surface area (Å²) in [4.78, 5) is 29.5. The Bertz CT molecular complexity index is 731. The van der Waals surface area contributed by atoms with Crippen molar-refractivity contribution in [2.24, 2.45) is 0 Å². The number of fused-ring (bicyclic) bond motifs is 1. The molecule has 1 amide bonds. The molecule has 0 aliphatic carbocycles. The van der Waals surface area contributed by atoms with Gasteiger partial charge < -0.3 is 15.1 Å². The van der Waals surface area contributed by atoms with E-state index in [1.807, 2.05) is 18.2 Å². The third kappa shape index (κ3) is 2.65. The normalized spacial score (nSPS) is 21.8. The number of nitrogens with zero attached hydrogens (tertiary/aromatic N) is 2. The van der Waals surface area contributed by atoms with E-state index >= 15 is 0 Å². The number of carbonyl (C=O) groups excluding carboxylic acids is 1. The average molecular weight is 300 g/mol. The summed E-state index contributed by atoms with van der Waals surface area (Å²) in [5, 5.41) is 19.8. The molecule has 22 heavy (non-hydrogen) atoms. The van der Waals surface area contributed by atoms with Crippen LogP contribution in [-0.4, -0.2) is 50.7 Å². The Balaban J connectivity index is 1.92. The smallest absolute Gasteiger partial charge is 0.326 e. The van der Waals surface area contributed by atoms with E-state index in [1.54, 1.807) is 18.2 Å². The Hall–Kier alpha value is -2.47. The average Bonchev–Trinajstić information content (AvgIpc) is 2.53. The summed E-state index contributed by atoms with van der Waals surface area (Å²) >= 11 is 0. The van der Waals surface area contributed by atoms with Crippen LogP contribution in [0.25, 0.3) is 10.9 Å². The lowest BCUT2D eigenvalue weighted by Gasteiger charge is -2.35. The number of aliphatic carboxylic acids is 1. The topological polar surface area (TPSA) is 90.7 Å². The Labute approximate surface area is 127 Å². The largest absolute Gasteiger partial charge is 0.480 e. The highest BCUT2D eigenvalue weighted by Crippen LogP contribution is 2.21. The summed E-state index contributed by atoms with van der Waals surface area (Å²) in [6.07, 6.45) is -0.257. The molecular weight excluding hydrogens is 284 g/mol. The second kappa shape index (κ2) is 5.73. The van der Waals surface area contributed by atoms with Gasteiger partial charge in [0.1, 0.15) is 11.7 Å². The van der Waals surface area contributed by atoms with Crippen molar-refractivity contribution in [3.63, 3.8) is 0 Å². The molecule has 114 valence electrons. The van der Waals surface area contributed by atoms with E-state index in [0.717, 1.165) is 5.39 Å². The van der Waals surface area contributed by atoms with Gasteiger partial charge in [-0.15, -0.1) is 0 Å². The zero-order chi connectivity index (χ0) is 15.7. The summed E-state index contributed by atoms with van der Waals surface area (Å²) in [6.45, 7) is 0.214. The van der Waals surface area contributed by atoms with Crippen LogP contribution in [0.1, 0.15) is 23.3 Å². The van der Waals surface area contributed by atoms with Crippen LogP contribution in [0, 0.1) is 0 Å². The minimum absolute atomic E-state index is 0.0503. The lowest BCUT2D eigenvalue weighted by atomic mass is 9.99. The number of aromatic nitrogens is 1. The zero-order valence-corrected chi connectivity index (χ0v) is 11.8. The Morgan fingerprint density at radius 2 is 1.95 bits per heavy atom. The van der Waals surface area contributed by atoms with Crippen molar-refractivity contribution < 1.29 is 19.8 Å². The van der Waals surface area contributed by atoms with E-state index in [0.29, 0.717) is 11.9 Å². The van der Waals surface area contributed by atoms with Crippen molar-refractivity contribution in [3.8, 4) is 0 Å². The molecule has 1 aliphatic rings. The molecule has 2 aromatic rings. The third-order valence-corrected chi connectivity index (χ3v) is 3.94. The van der Waals surface area contributed by atoms with E-state index in [2.05, 4.69) is 4.98 Å². The number of likely N-dealkylation sites (tertiary alicyclic amines) is 1. The van der Waals surface area contributed by atoms with Gasteiger partial charge in [-0.3, -0.25) is 4.79 Å². The van der Waals surface area contributed by atoms with Gasteiger partial charge in [0.2, 0.25) is 0 Å². The number of piperidine rings is 1. The molecule has 2 heterocycles. The van der Waals surface area contributed by atoms with Gasteiger partial charge >= 0.3 is 5.97 Å². The van der Waals surface area contributed by atoms with E-state index in [1.165, 1.54) is 4.90 Å². The van der Waals surface area contributed by atoms with Gasteiger partial charge in [0.25, 0.3) is 5.91 Å². The minimum Gasteiger partial charge on any atom is -0.480 e. The van der Waals surface area contributed by atoms with Crippen LogP contribution in [0.15, 0.2) is 36.4 Å². The van der Waals surface area contributed by atoms with E-state index in [9.17, 15) is 19.8 Å². The highest BCUT2D eigenvalue weighted by Gasteiger charge is 2.36. The molecule has 1 aromatic carbocycles. The molecule has 1 fully saturated rings. The lowest BCUT2D eigenvalue weighted by molar-refractivity contribution is -0.145. The number of benzene rings is 1. The molecule has 2 atom stereocenters. The first kappa shape index (κ1) is 14.5. The van der Waals surface area contributed by atoms with Crippen LogP contribution >= 0.6 is 0 Å². The number of aliphatic hydroxyl groups excluding tert-OH is 1. The summed E-state index contributed by atoms with van der Waals surface area (Å²) < 4.78 is 0. The predicted octanol–water partition coefficient (Wildman–Crippen LogP) is 1.28. The van der Waals surface area contributed by atoms with Crippen LogP contribution in [-0.2, 0) is 4.79 Å². The standard InChI is InChI=1S/C16H16N2O4/c19-11-7-8-18(14(9-11)16(21)22)15(20)13-6-5-10-3-1-2-4-12(10)17-13/h1-6,11,14,19H,7-9H2,(H,21,22)/t11-,14+/m0/s1. The van der Waals surface area contributed by atoms with Crippen molar-refractivity contribution in [1.82, 2.24) is 9.88 Å². The predicted molar refractivity (Wildman–Crippen MR) is 79.4 cm³/mol. The molecule has 6 nitrogen and oxygen atoms in total. The molecule has 1 saturated heterocycles. The Morgan fingerprint density at radius 1 is 1.18 bits per heavy atom. The fourth-order valence-electron chi connectivity index (χ4n) is 2.76. The number of aliphatic hydroxyl groups is 1. The molecule has 2 N–H and O–H groups in total. The lowest BCUT2D eigenvalue weighted by Crippen LogP contribution is -2.51. The molecular formula is C16H16N2O4. The summed E-state index contributed by atoms with van der Waals surface area (Å²) in [7, 11) is 0. The second-order valence-corrected chi connectivity index (χ2v) is 5.42. The number of carbonyl (C=O) groups is 2. The molecule has 0 spiro atoms. The van der Waals surface area contributed by atoms with Gasteiger partial charge in [0.15, 0.2) is 0 Å². The molecule has 0 saturated carbocycles. The zero-order valence-electron chi connectivity index (χ0n) is 11.8. The maximum Gasteiger partial charge on any atom is 0.326 e. The maximum atomic E-state index is 12.6. The quantitative estimate of drug-likeness (QED) is 0.872. The van der Waals surface area contributed by atoms with E-state index in [-0.39, 0.29) is 18.7 Å². The van der Waals surface area contributed by atoms with Crippen molar-refractivity contribution in [1.29, 1.82) is 0 Å². The fourth-order valence-corrected chi connectivity index (χ4v) is 2.76. The molecule has 0 bridgehead atoms. The maximum absolute atomic E-state index is 12.6. The molecule has 0 radical (unpaired) electrons. The van der Waals surface area contributed by atoms with Gasteiger partial charge in [-0.2, -0.15) is 0 Å². The Kier molecular flexibility index (Phi) is 3.77. The summed E-state index contributed by atoms with van der Waals surface area (Å²) in [6, 6.07) is 9.82. The summed E-state index contributed by atoms with van der Waals surface area (Å²) in [5.74, 6) is -1.52. The first-order valence-corrected chi connectivity index (χ1v) is 7.14. The second-order valence-electron chi connectivity index (χ2n) is 5.42. The highest BCUT2D eigenvalue weighted by molar-refractivity contribution is 5.97. The third-order valence-electron chi connectivity index (χ3n) is 3.94. The molecule has 0 unspecified atom stereocenters. The van der Waals surface area contributed by atoms with Crippen molar-refractivity contribution in [2.45, 2.75) is 25.0 Å². The minimum atomic E-state index is -1.10. The first-order chi connectivity index (χ1) is 10.6. The molecule has 6 heteroatoms. The molecule has 1 aliphatic heterocycles. The van der Waals surface area contributed by atoms with Crippen LogP contribution in [0.5, 0.6) is 0 Å². The van der Waals surface area contributed by atoms with Gasteiger partial charge in [0, 0.05) is 18.4 Å². The molecule has 3 rings (SSSR count). The van der Waals surface area contributed by atoms with Crippen molar-refractivity contribution in [3.05, 3.63) is 42.1 Å². The van der Waals surface area contributed by atoms with Gasteiger partial charge in [0.05, 0.1) is 11.6 Å². The van der Waals surface area contributed by atoms with Gasteiger partial charge in [-0.25, -0.2) is 9.78 Å². The van der Waals surface area contributed by atoms with Crippen LogP contribution in [0.2, 0.25) is 0 Å². The van der Waals surface area contributed by atoms with Crippen LogP contribution < -0.4 is 0 Å². The first-order valence-electron chi connectivity index (χ1n) is 7.14. The number of para-hydroxylation sites is 1. The highest BCUT2D eigenvalue weighted by atomic mass is 16.4. The Morgan fingerprint density at radius 3 is 2.73 bits per heavy atom. The number of carboxylic acids is 1. The van der Waals surface area contributed by atoms with Crippen molar-refractivity contribution in [2.75, 3.05) is 6.54 Å². The van der Waals surface area contributed by atoms with Crippen molar-refractivity contribution >= 4 is 22.8 Å². The SMILES string of the molecule is O=C(O)[C@H]1C[C@@H](O)CCN1C(=O)c1ccc2ccccc2n1. The fraction of sp³-hybridized carbons (Fsp3) is 0.312. The number of hydrogen-bond acceptors (Lipinski definition) is 4. The number of hydrogen-bond donors (Lipinski definition) is 2. The molecule has 1 aromatic heterocycles. The van der Waals surface area contributed by atoms with Crippen LogP contribution in [0.4, 0.5) is 0 Å². The summed E-state index contributed by atoms with van der Waals surface area (Å²) in [5.41, 5.74) is 0.915. The number of amides is 1. The number of rotatable bonds is 2. The van der Waals surface area contributed by atoms with Gasteiger partial charge in [-0.05, 0) is 18.6 Å². The van der Waals surface area contributed by atoms with E-state index < -0.39 is 24.0 Å². The number of carboxylic acid groups (broad SMARTS) is 1. The van der Waals surface area contributed by atoms with E-state index in [4.69, 9.17) is 0 Å². The van der Waals surface area contributed by atoms with Gasteiger partial charge in [-0.1, -0.05) is 24.3 Å².